The lowest BCUT2D eigenvalue weighted by atomic mass is 10.2. The van der Waals surface area contributed by atoms with Gasteiger partial charge >= 0.3 is 0 Å². The molecule has 0 saturated carbocycles. The van der Waals surface area contributed by atoms with E-state index < -0.39 is 0 Å². The molecule has 0 radical (unpaired) electrons. The van der Waals surface area contributed by atoms with Crippen molar-refractivity contribution < 1.29 is 4.79 Å². The van der Waals surface area contributed by atoms with Gasteiger partial charge in [-0.05, 0) is 30.2 Å². The molecule has 0 N–H and O–H groups in total. The molecule has 2 aromatic heterocycles. The number of carbonyl (C=O) groups is 1. The average molecular weight is 244 g/mol. The molecule has 0 fully saturated rings. The minimum absolute atomic E-state index is 0.0627. The summed E-state index contributed by atoms with van der Waals surface area (Å²) < 4.78 is 1.63. The maximum absolute atomic E-state index is 11.9. The van der Waals surface area contributed by atoms with Crippen molar-refractivity contribution in [3.63, 3.8) is 0 Å². The van der Waals surface area contributed by atoms with E-state index in [1.54, 1.807) is 34.4 Å². The van der Waals surface area contributed by atoms with Crippen molar-refractivity contribution in [3.8, 4) is 0 Å². The van der Waals surface area contributed by atoms with E-state index in [2.05, 4.69) is 10.1 Å². The number of amides is 1. The minimum Gasteiger partial charge on any atom is -0.344 e. The summed E-state index contributed by atoms with van der Waals surface area (Å²) in [4.78, 5) is 17.6. The third-order valence-corrected chi connectivity index (χ3v) is 2.77. The van der Waals surface area contributed by atoms with Crippen LogP contribution in [0.1, 0.15) is 5.56 Å². The first kappa shape index (κ1) is 12.3. The fourth-order valence-corrected chi connectivity index (χ4v) is 1.62. The number of hydrogen-bond donors (Lipinski definition) is 0. The third-order valence-electron chi connectivity index (χ3n) is 2.77. The third kappa shape index (κ3) is 3.41. The summed E-state index contributed by atoms with van der Waals surface area (Å²) in [6, 6.07) is 5.74. The summed E-state index contributed by atoms with van der Waals surface area (Å²) in [6.45, 7) is 0.990. The molecule has 0 spiro atoms. The molecule has 2 aromatic rings. The lowest BCUT2D eigenvalue weighted by Crippen LogP contribution is -2.32. The van der Waals surface area contributed by atoms with Crippen molar-refractivity contribution in [1.82, 2.24) is 19.7 Å². The Bertz CT molecular complexity index is 481. The molecule has 5 heteroatoms. The highest BCUT2D eigenvalue weighted by Crippen LogP contribution is 1.99. The predicted molar refractivity (Wildman–Crippen MR) is 67.8 cm³/mol. The van der Waals surface area contributed by atoms with E-state index in [1.165, 1.54) is 5.56 Å². The molecule has 0 atom stereocenters. The van der Waals surface area contributed by atoms with Gasteiger partial charge in [0.05, 0.1) is 0 Å². The molecule has 0 saturated heterocycles. The van der Waals surface area contributed by atoms with Gasteiger partial charge in [0.2, 0.25) is 5.91 Å². The summed E-state index contributed by atoms with van der Waals surface area (Å²) in [5.74, 6) is 0.0627. The predicted octanol–water partition coefficient (Wildman–Crippen LogP) is 0.979. The van der Waals surface area contributed by atoms with Crippen LogP contribution in [0.15, 0.2) is 43.0 Å². The molecule has 0 bridgehead atoms. The van der Waals surface area contributed by atoms with Crippen molar-refractivity contribution in [2.75, 3.05) is 13.6 Å². The summed E-state index contributed by atoms with van der Waals surface area (Å²) in [6.07, 6.45) is 7.82. The van der Waals surface area contributed by atoms with Gasteiger partial charge in [0.15, 0.2) is 0 Å². The molecule has 0 unspecified atom stereocenters. The van der Waals surface area contributed by atoms with Crippen LogP contribution in [-0.4, -0.2) is 39.2 Å². The van der Waals surface area contributed by atoms with Gasteiger partial charge in [-0.1, -0.05) is 0 Å². The van der Waals surface area contributed by atoms with E-state index in [0.717, 1.165) is 6.42 Å². The lowest BCUT2D eigenvalue weighted by Gasteiger charge is -2.17. The van der Waals surface area contributed by atoms with E-state index in [9.17, 15) is 4.79 Å². The van der Waals surface area contributed by atoms with E-state index >= 15 is 0 Å². The van der Waals surface area contributed by atoms with Crippen molar-refractivity contribution in [2.45, 2.75) is 13.0 Å². The minimum atomic E-state index is 0.0627. The Labute approximate surface area is 106 Å². The zero-order chi connectivity index (χ0) is 12.8. The lowest BCUT2D eigenvalue weighted by molar-refractivity contribution is -0.130. The van der Waals surface area contributed by atoms with Gasteiger partial charge in [0.25, 0.3) is 0 Å². The number of rotatable bonds is 5. The second-order valence-corrected chi connectivity index (χ2v) is 4.12. The molecule has 0 aliphatic rings. The Morgan fingerprint density at radius 3 is 2.78 bits per heavy atom. The standard InChI is InChI=1S/C13H16N4O/c1-16(10-5-12-3-7-14-8-4-12)13(18)11-17-9-2-6-15-17/h2-4,6-9H,5,10-11H2,1H3. The highest BCUT2D eigenvalue weighted by Gasteiger charge is 2.09. The molecule has 1 amide bonds. The van der Waals surface area contributed by atoms with Crippen LogP contribution >= 0.6 is 0 Å². The molecule has 2 rings (SSSR count). The second-order valence-electron chi connectivity index (χ2n) is 4.12. The molecule has 0 aliphatic carbocycles. The maximum atomic E-state index is 11.9. The number of hydrogen-bond acceptors (Lipinski definition) is 3. The van der Waals surface area contributed by atoms with Crippen LogP contribution in [0.3, 0.4) is 0 Å². The average Bonchev–Trinajstić information content (AvgIpc) is 2.90. The van der Waals surface area contributed by atoms with Crippen LogP contribution in [0.4, 0.5) is 0 Å². The van der Waals surface area contributed by atoms with Crippen LogP contribution in [0, 0.1) is 0 Å². The first-order chi connectivity index (χ1) is 8.75. The van der Waals surface area contributed by atoms with Crippen molar-refractivity contribution >= 4 is 5.91 Å². The molecule has 94 valence electrons. The van der Waals surface area contributed by atoms with E-state index in [4.69, 9.17) is 0 Å². The largest absolute Gasteiger partial charge is 0.344 e. The maximum Gasteiger partial charge on any atom is 0.244 e. The summed E-state index contributed by atoms with van der Waals surface area (Å²) in [7, 11) is 1.81. The van der Waals surface area contributed by atoms with E-state index in [1.807, 2.05) is 25.2 Å². The monoisotopic (exact) mass is 244 g/mol. The van der Waals surface area contributed by atoms with E-state index in [0.29, 0.717) is 13.1 Å². The van der Waals surface area contributed by atoms with Crippen molar-refractivity contribution in [1.29, 1.82) is 0 Å². The van der Waals surface area contributed by atoms with E-state index in [-0.39, 0.29) is 5.91 Å². The highest BCUT2D eigenvalue weighted by atomic mass is 16.2. The van der Waals surface area contributed by atoms with Crippen LogP contribution in [0.2, 0.25) is 0 Å². The van der Waals surface area contributed by atoms with Gasteiger partial charge in [-0.25, -0.2) is 0 Å². The molecule has 18 heavy (non-hydrogen) atoms. The number of likely N-dealkylation sites (N-methyl/N-ethyl adjacent to an activating group) is 1. The van der Waals surface area contributed by atoms with Gasteiger partial charge in [0.1, 0.15) is 6.54 Å². The molecule has 5 nitrogen and oxygen atoms in total. The summed E-state index contributed by atoms with van der Waals surface area (Å²) >= 11 is 0. The van der Waals surface area contributed by atoms with Gasteiger partial charge in [-0.3, -0.25) is 14.5 Å². The van der Waals surface area contributed by atoms with Crippen molar-refractivity contribution in [2.24, 2.45) is 0 Å². The smallest absolute Gasteiger partial charge is 0.244 e. The fraction of sp³-hybridized carbons (Fsp3) is 0.308. The zero-order valence-electron chi connectivity index (χ0n) is 10.4. The number of pyridine rings is 1. The van der Waals surface area contributed by atoms with Crippen LogP contribution in [-0.2, 0) is 17.8 Å². The van der Waals surface area contributed by atoms with Crippen LogP contribution in [0.25, 0.3) is 0 Å². The summed E-state index contributed by atoms with van der Waals surface area (Å²) in [5.41, 5.74) is 1.18. The Balaban J connectivity index is 1.81. The molecule has 0 aromatic carbocycles. The Hall–Kier alpha value is -2.17. The Kier molecular flexibility index (Phi) is 4.06. The fourth-order valence-electron chi connectivity index (χ4n) is 1.62. The number of aromatic nitrogens is 3. The molecule has 2 heterocycles. The van der Waals surface area contributed by atoms with Gasteiger partial charge in [-0.2, -0.15) is 5.10 Å². The Morgan fingerprint density at radius 2 is 2.11 bits per heavy atom. The normalized spacial score (nSPS) is 10.3. The highest BCUT2D eigenvalue weighted by molar-refractivity contribution is 5.75. The second kappa shape index (κ2) is 5.95. The molecular formula is C13H16N4O. The number of carbonyl (C=O) groups excluding carboxylic acids is 1. The Morgan fingerprint density at radius 1 is 1.33 bits per heavy atom. The molecule has 0 aliphatic heterocycles. The van der Waals surface area contributed by atoms with Crippen LogP contribution < -0.4 is 0 Å². The van der Waals surface area contributed by atoms with Gasteiger partial charge in [0, 0.05) is 38.4 Å². The van der Waals surface area contributed by atoms with Gasteiger partial charge < -0.3 is 4.90 Å². The summed E-state index contributed by atoms with van der Waals surface area (Å²) in [5, 5.41) is 4.02. The quantitative estimate of drug-likeness (QED) is 0.787. The molecular weight excluding hydrogens is 228 g/mol. The zero-order valence-corrected chi connectivity index (χ0v) is 10.4. The first-order valence-corrected chi connectivity index (χ1v) is 5.86. The first-order valence-electron chi connectivity index (χ1n) is 5.86. The van der Waals surface area contributed by atoms with Gasteiger partial charge in [-0.15, -0.1) is 0 Å². The van der Waals surface area contributed by atoms with Crippen molar-refractivity contribution in [3.05, 3.63) is 48.5 Å². The SMILES string of the molecule is CN(CCc1ccncc1)C(=O)Cn1cccn1. The van der Waals surface area contributed by atoms with Crippen LogP contribution in [0.5, 0.6) is 0 Å². The topological polar surface area (TPSA) is 51.0 Å². The number of nitrogens with zero attached hydrogens (tertiary/aromatic N) is 4.